The van der Waals surface area contributed by atoms with Gasteiger partial charge in [-0.15, -0.1) is 5.10 Å². The first-order valence-corrected chi connectivity index (χ1v) is 6.31. The van der Waals surface area contributed by atoms with Crippen molar-refractivity contribution < 1.29 is 4.79 Å². The summed E-state index contributed by atoms with van der Waals surface area (Å²) in [6, 6.07) is 1.83. The molecule has 2 rings (SSSR count). The average Bonchev–Trinajstić information content (AvgIpc) is 2.88. The van der Waals surface area contributed by atoms with E-state index in [2.05, 4.69) is 9.59 Å². The molecule has 0 amide bonds. The SMILES string of the molecule is CC(C)c1nnsc1C(=O)c1ccsc1. The van der Waals surface area contributed by atoms with Crippen molar-refractivity contribution in [1.29, 1.82) is 0 Å². The predicted molar refractivity (Wildman–Crippen MR) is 61.7 cm³/mol. The zero-order chi connectivity index (χ0) is 10.8. The molecule has 0 fully saturated rings. The fraction of sp³-hybridized carbons (Fsp3) is 0.300. The quantitative estimate of drug-likeness (QED) is 0.772. The van der Waals surface area contributed by atoms with Crippen LogP contribution < -0.4 is 0 Å². The van der Waals surface area contributed by atoms with Crippen LogP contribution in [0, 0.1) is 0 Å². The maximum absolute atomic E-state index is 12.0. The highest BCUT2D eigenvalue weighted by molar-refractivity contribution is 7.09. The van der Waals surface area contributed by atoms with E-state index in [1.54, 1.807) is 0 Å². The van der Waals surface area contributed by atoms with E-state index in [1.807, 2.05) is 30.7 Å². The minimum Gasteiger partial charge on any atom is -0.288 e. The van der Waals surface area contributed by atoms with Crippen LogP contribution in [-0.2, 0) is 0 Å². The number of carbonyl (C=O) groups excluding carboxylic acids is 1. The lowest BCUT2D eigenvalue weighted by molar-refractivity contribution is 0.104. The molecule has 0 unspecified atom stereocenters. The molecule has 15 heavy (non-hydrogen) atoms. The van der Waals surface area contributed by atoms with Gasteiger partial charge in [0.25, 0.3) is 0 Å². The molecule has 0 spiro atoms. The van der Waals surface area contributed by atoms with Crippen molar-refractivity contribution in [3.63, 3.8) is 0 Å². The summed E-state index contributed by atoms with van der Waals surface area (Å²) in [6.45, 7) is 4.03. The van der Waals surface area contributed by atoms with Crippen molar-refractivity contribution in [2.45, 2.75) is 19.8 Å². The fourth-order valence-corrected chi connectivity index (χ4v) is 2.67. The first-order valence-electron chi connectivity index (χ1n) is 4.59. The number of nitrogens with zero attached hydrogens (tertiary/aromatic N) is 2. The molecule has 0 aliphatic heterocycles. The third-order valence-corrected chi connectivity index (χ3v) is 3.47. The molecule has 2 aromatic heterocycles. The van der Waals surface area contributed by atoms with E-state index in [4.69, 9.17) is 0 Å². The van der Waals surface area contributed by atoms with Crippen molar-refractivity contribution >= 4 is 28.7 Å². The monoisotopic (exact) mass is 238 g/mol. The smallest absolute Gasteiger partial charge is 0.207 e. The van der Waals surface area contributed by atoms with Gasteiger partial charge < -0.3 is 0 Å². The second kappa shape index (κ2) is 4.20. The first-order chi connectivity index (χ1) is 7.20. The van der Waals surface area contributed by atoms with Gasteiger partial charge in [0.2, 0.25) is 5.78 Å². The normalized spacial score (nSPS) is 10.9. The van der Waals surface area contributed by atoms with Crippen molar-refractivity contribution in [3.8, 4) is 0 Å². The zero-order valence-electron chi connectivity index (χ0n) is 8.43. The van der Waals surface area contributed by atoms with Crippen LogP contribution in [-0.4, -0.2) is 15.4 Å². The molecule has 0 aromatic carbocycles. The average molecular weight is 238 g/mol. The second-order valence-electron chi connectivity index (χ2n) is 3.48. The molecular formula is C10H10N2OS2. The van der Waals surface area contributed by atoms with Crippen molar-refractivity contribution in [2.24, 2.45) is 0 Å². The van der Waals surface area contributed by atoms with Crippen LogP contribution in [0.15, 0.2) is 16.8 Å². The molecule has 0 saturated carbocycles. The molecule has 3 nitrogen and oxygen atoms in total. The van der Waals surface area contributed by atoms with Crippen LogP contribution in [0.3, 0.4) is 0 Å². The standard InChI is InChI=1S/C10H10N2OS2/c1-6(2)8-10(15-12-11-8)9(13)7-3-4-14-5-7/h3-6H,1-2H3. The van der Waals surface area contributed by atoms with Crippen LogP contribution in [0.2, 0.25) is 0 Å². The van der Waals surface area contributed by atoms with E-state index in [0.29, 0.717) is 4.88 Å². The molecule has 0 N–H and O–H groups in total. The number of carbonyl (C=O) groups is 1. The van der Waals surface area contributed by atoms with Gasteiger partial charge in [-0.2, -0.15) is 11.3 Å². The minimum atomic E-state index is 0.0370. The van der Waals surface area contributed by atoms with Crippen molar-refractivity contribution in [2.75, 3.05) is 0 Å². The summed E-state index contributed by atoms with van der Waals surface area (Å²) in [5, 5.41) is 7.75. The highest BCUT2D eigenvalue weighted by Gasteiger charge is 2.19. The summed E-state index contributed by atoms with van der Waals surface area (Å²) in [4.78, 5) is 12.7. The third-order valence-electron chi connectivity index (χ3n) is 2.05. The number of hydrogen-bond donors (Lipinski definition) is 0. The minimum absolute atomic E-state index is 0.0370. The van der Waals surface area contributed by atoms with Crippen molar-refractivity contribution in [1.82, 2.24) is 9.59 Å². The van der Waals surface area contributed by atoms with Gasteiger partial charge in [-0.1, -0.05) is 18.3 Å². The molecule has 5 heteroatoms. The van der Waals surface area contributed by atoms with E-state index < -0.39 is 0 Å². The molecule has 0 aliphatic rings. The largest absolute Gasteiger partial charge is 0.288 e. The molecule has 0 radical (unpaired) electrons. The Labute approximate surface area is 95.9 Å². The van der Waals surface area contributed by atoms with Crippen LogP contribution in [0.25, 0.3) is 0 Å². The maximum Gasteiger partial charge on any atom is 0.207 e. The maximum atomic E-state index is 12.0. The van der Waals surface area contributed by atoms with Gasteiger partial charge in [0.1, 0.15) is 4.88 Å². The van der Waals surface area contributed by atoms with E-state index in [1.165, 1.54) is 22.9 Å². The summed E-state index contributed by atoms with van der Waals surface area (Å²) in [7, 11) is 0. The lowest BCUT2D eigenvalue weighted by Crippen LogP contribution is -2.02. The zero-order valence-corrected chi connectivity index (χ0v) is 10.1. The molecule has 0 saturated heterocycles. The van der Waals surface area contributed by atoms with Gasteiger partial charge in [0.05, 0.1) is 5.69 Å². The Kier molecular flexibility index (Phi) is 2.93. The van der Waals surface area contributed by atoms with Crippen LogP contribution in [0.4, 0.5) is 0 Å². The van der Waals surface area contributed by atoms with Gasteiger partial charge in [-0.25, -0.2) is 0 Å². The molecule has 2 aromatic rings. The highest BCUT2D eigenvalue weighted by Crippen LogP contribution is 2.23. The van der Waals surface area contributed by atoms with Gasteiger partial charge in [0, 0.05) is 10.9 Å². The van der Waals surface area contributed by atoms with E-state index in [9.17, 15) is 4.79 Å². The highest BCUT2D eigenvalue weighted by atomic mass is 32.1. The topological polar surface area (TPSA) is 42.9 Å². The van der Waals surface area contributed by atoms with E-state index in [0.717, 1.165) is 11.3 Å². The summed E-state index contributed by atoms with van der Waals surface area (Å²) in [5.74, 6) is 0.274. The van der Waals surface area contributed by atoms with Gasteiger partial charge in [-0.05, 0) is 28.9 Å². The lowest BCUT2D eigenvalue weighted by atomic mass is 10.1. The molecule has 2 heterocycles. The lowest BCUT2D eigenvalue weighted by Gasteiger charge is -2.01. The Morgan fingerprint density at radius 1 is 1.47 bits per heavy atom. The third kappa shape index (κ3) is 1.98. The van der Waals surface area contributed by atoms with Gasteiger partial charge in [0.15, 0.2) is 0 Å². The molecule has 0 aliphatic carbocycles. The Bertz CT molecular complexity index is 459. The van der Waals surface area contributed by atoms with Gasteiger partial charge >= 0.3 is 0 Å². The number of thiophene rings is 1. The molecule has 78 valence electrons. The van der Waals surface area contributed by atoms with E-state index in [-0.39, 0.29) is 11.7 Å². The van der Waals surface area contributed by atoms with Crippen LogP contribution in [0.1, 0.15) is 40.7 Å². The number of ketones is 1. The summed E-state index contributed by atoms with van der Waals surface area (Å²) >= 11 is 2.70. The number of rotatable bonds is 3. The van der Waals surface area contributed by atoms with Crippen molar-refractivity contribution in [3.05, 3.63) is 33.0 Å². The van der Waals surface area contributed by atoms with Gasteiger partial charge in [-0.3, -0.25) is 4.79 Å². The predicted octanol–water partition coefficient (Wildman–Crippen LogP) is 2.95. The Morgan fingerprint density at radius 2 is 2.27 bits per heavy atom. The van der Waals surface area contributed by atoms with Crippen LogP contribution >= 0.6 is 22.9 Å². The summed E-state index contributed by atoms with van der Waals surface area (Å²) in [6.07, 6.45) is 0. The first kappa shape index (κ1) is 10.4. The summed E-state index contributed by atoms with van der Waals surface area (Å²) < 4.78 is 3.85. The Morgan fingerprint density at radius 3 is 2.87 bits per heavy atom. The number of aromatic nitrogens is 2. The second-order valence-corrected chi connectivity index (χ2v) is 5.02. The molecule has 0 atom stereocenters. The van der Waals surface area contributed by atoms with E-state index >= 15 is 0 Å². The Balaban J connectivity index is 2.38. The number of hydrogen-bond acceptors (Lipinski definition) is 5. The summed E-state index contributed by atoms with van der Waals surface area (Å²) in [5.41, 5.74) is 1.53. The van der Waals surface area contributed by atoms with Crippen LogP contribution in [0.5, 0.6) is 0 Å². The Hall–Kier alpha value is -1.07. The molecule has 0 bridgehead atoms. The molecular weight excluding hydrogens is 228 g/mol. The fourth-order valence-electron chi connectivity index (χ4n) is 1.26.